The molecule has 0 aliphatic rings. The number of rotatable bonds is 2. The van der Waals surface area contributed by atoms with Crippen LogP contribution in [0.3, 0.4) is 0 Å². The van der Waals surface area contributed by atoms with E-state index >= 15 is 0 Å². The van der Waals surface area contributed by atoms with Crippen LogP contribution in [0.1, 0.15) is 5.56 Å². The van der Waals surface area contributed by atoms with Gasteiger partial charge in [-0.15, -0.1) is 11.8 Å². The van der Waals surface area contributed by atoms with Gasteiger partial charge in [0, 0.05) is 10.5 Å². The third-order valence-corrected chi connectivity index (χ3v) is 2.26. The number of phenolic OH excluding ortho intramolecular Hbond substituents is 1. The Morgan fingerprint density at radius 1 is 1.55 bits per heavy atom. The zero-order chi connectivity index (χ0) is 8.27. The van der Waals surface area contributed by atoms with Crippen molar-refractivity contribution in [2.24, 2.45) is 0 Å². The standard InChI is InChI=1S/C9H10OS/c1-3-7-8(10)5-4-6-9(7)11-2/h3-6,10H,1H2,2H3. The van der Waals surface area contributed by atoms with E-state index in [1.807, 2.05) is 18.4 Å². The molecule has 0 saturated heterocycles. The molecule has 0 radical (unpaired) electrons. The average Bonchev–Trinajstić information content (AvgIpc) is 2.04. The van der Waals surface area contributed by atoms with Gasteiger partial charge in [0.1, 0.15) is 5.75 Å². The Labute approximate surface area is 70.8 Å². The largest absolute Gasteiger partial charge is 0.507 e. The molecule has 0 unspecified atom stereocenters. The molecule has 2 heteroatoms. The summed E-state index contributed by atoms with van der Waals surface area (Å²) in [5, 5.41) is 9.34. The molecular formula is C9H10OS. The first-order chi connectivity index (χ1) is 5.29. The molecular weight excluding hydrogens is 156 g/mol. The van der Waals surface area contributed by atoms with Crippen molar-refractivity contribution in [2.45, 2.75) is 4.90 Å². The molecule has 0 heterocycles. The predicted molar refractivity (Wildman–Crippen MR) is 50.0 cm³/mol. The van der Waals surface area contributed by atoms with Gasteiger partial charge in [0.05, 0.1) is 0 Å². The molecule has 0 atom stereocenters. The van der Waals surface area contributed by atoms with Gasteiger partial charge in [-0.25, -0.2) is 0 Å². The predicted octanol–water partition coefficient (Wildman–Crippen LogP) is 2.76. The van der Waals surface area contributed by atoms with E-state index in [1.165, 1.54) is 0 Å². The molecule has 1 aromatic carbocycles. The fraction of sp³-hybridized carbons (Fsp3) is 0.111. The minimum absolute atomic E-state index is 0.298. The number of hydrogen-bond donors (Lipinski definition) is 1. The SMILES string of the molecule is C=Cc1c(O)cccc1SC. The second kappa shape index (κ2) is 3.49. The van der Waals surface area contributed by atoms with Crippen LogP contribution in [-0.4, -0.2) is 11.4 Å². The monoisotopic (exact) mass is 166 g/mol. The molecule has 0 aromatic heterocycles. The van der Waals surface area contributed by atoms with Crippen molar-refractivity contribution < 1.29 is 5.11 Å². The van der Waals surface area contributed by atoms with E-state index in [0.717, 1.165) is 10.5 Å². The molecule has 0 saturated carbocycles. The van der Waals surface area contributed by atoms with Crippen molar-refractivity contribution in [1.82, 2.24) is 0 Å². The highest BCUT2D eigenvalue weighted by atomic mass is 32.2. The Kier molecular flexibility index (Phi) is 2.60. The summed E-state index contributed by atoms with van der Waals surface area (Å²) in [5.41, 5.74) is 0.819. The van der Waals surface area contributed by atoms with E-state index in [4.69, 9.17) is 0 Å². The molecule has 1 nitrogen and oxygen atoms in total. The van der Waals surface area contributed by atoms with E-state index in [2.05, 4.69) is 6.58 Å². The van der Waals surface area contributed by atoms with E-state index in [9.17, 15) is 5.11 Å². The molecule has 0 fully saturated rings. The smallest absolute Gasteiger partial charge is 0.123 e. The van der Waals surface area contributed by atoms with Crippen molar-refractivity contribution in [1.29, 1.82) is 0 Å². The maximum Gasteiger partial charge on any atom is 0.123 e. The molecule has 0 aliphatic heterocycles. The van der Waals surface area contributed by atoms with Crippen LogP contribution in [0.4, 0.5) is 0 Å². The molecule has 0 spiro atoms. The first-order valence-corrected chi connectivity index (χ1v) is 4.50. The van der Waals surface area contributed by atoms with E-state index < -0.39 is 0 Å². The number of phenols is 1. The van der Waals surface area contributed by atoms with E-state index in [0.29, 0.717) is 5.75 Å². The van der Waals surface area contributed by atoms with Gasteiger partial charge < -0.3 is 5.11 Å². The molecule has 11 heavy (non-hydrogen) atoms. The third kappa shape index (κ3) is 1.57. The number of aromatic hydroxyl groups is 1. The fourth-order valence-corrected chi connectivity index (χ4v) is 1.54. The topological polar surface area (TPSA) is 20.2 Å². The quantitative estimate of drug-likeness (QED) is 0.682. The Hall–Kier alpha value is -0.890. The Bertz CT molecular complexity index is 268. The van der Waals surface area contributed by atoms with Gasteiger partial charge in [-0.05, 0) is 18.4 Å². The summed E-state index contributed by atoms with van der Waals surface area (Å²) in [7, 11) is 0. The summed E-state index contributed by atoms with van der Waals surface area (Å²) in [4.78, 5) is 1.06. The van der Waals surface area contributed by atoms with Gasteiger partial charge in [0.15, 0.2) is 0 Å². The van der Waals surface area contributed by atoms with Crippen LogP contribution in [-0.2, 0) is 0 Å². The first-order valence-electron chi connectivity index (χ1n) is 3.28. The zero-order valence-electron chi connectivity index (χ0n) is 6.37. The van der Waals surface area contributed by atoms with Crippen LogP contribution in [0.2, 0.25) is 0 Å². The molecule has 58 valence electrons. The Balaban J connectivity index is 3.24. The lowest BCUT2D eigenvalue weighted by molar-refractivity contribution is 0.472. The van der Waals surface area contributed by atoms with E-state index in [-0.39, 0.29) is 0 Å². The summed E-state index contributed by atoms with van der Waals surface area (Å²) in [6, 6.07) is 5.45. The number of thioether (sulfide) groups is 1. The third-order valence-electron chi connectivity index (χ3n) is 1.47. The number of benzene rings is 1. The van der Waals surface area contributed by atoms with Crippen molar-refractivity contribution in [3.05, 3.63) is 30.3 Å². The zero-order valence-corrected chi connectivity index (χ0v) is 7.19. The molecule has 1 aromatic rings. The Morgan fingerprint density at radius 2 is 2.27 bits per heavy atom. The summed E-state index contributed by atoms with van der Waals surface area (Å²) in [6.45, 7) is 3.63. The van der Waals surface area contributed by atoms with Gasteiger partial charge in [0.2, 0.25) is 0 Å². The van der Waals surface area contributed by atoms with Gasteiger partial charge in [-0.1, -0.05) is 18.7 Å². The second-order valence-electron chi connectivity index (χ2n) is 2.10. The average molecular weight is 166 g/mol. The van der Waals surface area contributed by atoms with E-state index in [1.54, 1.807) is 23.9 Å². The van der Waals surface area contributed by atoms with Gasteiger partial charge in [0.25, 0.3) is 0 Å². The normalized spacial score (nSPS) is 9.55. The van der Waals surface area contributed by atoms with Crippen LogP contribution in [0, 0.1) is 0 Å². The van der Waals surface area contributed by atoms with Crippen LogP contribution < -0.4 is 0 Å². The lowest BCUT2D eigenvalue weighted by Crippen LogP contribution is -1.78. The molecule has 0 aliphatic carbocycles. The highest BCUT2D eigenvalue weighted by Crippen LogP contribution is 2.28. The molecule has 0 amide bonds. The fourth-order valence-electron chi connectivity index (χ4n) is 0.916. The molecule has 1 N–H and O–H groups in total. The highest BCUT2D eigenvalue weighted by Gasteiger charge is 2.01. The van der Waals surface area contributed by atoms with Crippen LogP contribution >= 0.6 is 11.8 Å². The van der Waals surface area contributed by atoms with Crippen molar-refractivity contribution in [3.63, 3.8) is 0 Å². The lowest BCUT2D eigenvalue weighted by Gasteiger charge is -2.03. The van der Waals surface area contributed by atoms with Gasteiger partial charge >= 0.3 is 0 Å². The van der Waals surface area contributed by atoms with Crippen LogP contribution in [0.25, 0.3) is 6.08 Å². The number of hydrogen-bond acceptors (Lipinski definition) is 2. The van der Waals surface area contributed by atoms with Gasteiger partial charge in [-0.2, -0.15) is 0 Å². The van der Waals surface area contributed by atoms with Crippen molar-refractivity contribution >= 4 is 17.8 Å². The lowest BCUT2D eigenvalue weighted by atomic mass is 10.2. The Morgan fingerprint density at radius 3 is 2.73 bits per heavy atom. The van der Waals surface area contributed by atoms with Crippen molar-refractivity contribution in [3.8, 4) is 5.75 Å². The molecule has 0 bridgehead atoms. The first kappa shape index (κ1) is 8.21. The minimum Gasteiger partial charge on any atom is -0.507 e. The molecule has 1 rings (SSSR count). The van der Waals surface area contributed by atoms with Crippen LogP contribution in [0.15, 0.2) is 29.7 Å². The minimum atomic E-state index is 0.298. The maximum absolute atomic E-state index is 9.34. The van der Waals surface area contributed by atoms with Gasteiger partial charge in [-0.3, -0.25) is 0 Å². The summed E-state index contributed by atoms with van der Waals surface area (Å²) in [5.74, 6) is 0.298. The summed E-state index contributed by atoms with van der Waals surface area (Å²) in [6.07, 6.45) is 3.64. The highest BCUT2D eigenvalue weighted by molar-refractivity contribution is 7.98. The summed E-state index contributed by atoms with van der Waals surface area (Å²) < 4.78 is 0. The second-order valence-corrected chi connectivity index (χ2v) is 2.95. The van der Waals surface area contributed by atoms with Crippen molar-refractivity contribution in [2.75, 3.05) is 6.26 Å². The maximum atomic E-state index is 9.34. The summed E-state index contributed by atoms with van der Waals surface area (Å²) >= 11 is 1.60. The van der Waals surface area contributed by atoms with Crippen LogP contribution in [0.5, 0.6) is 5.75 Å².